The first-order valence-corrected chi connectivity index (χ1v) is 10.5. The highest BCUT2D eigenvalue weighted by Crippen LogP contribution is 2.26. The minimum absolute atomic E-state index is 0.0691. The molecule has 1 N–H and O–H groups in total. The summed E-state index contributed by atoms with van der Waals surface area (Å²) in [5.41, 5.74) is 0.730. The van der Waals surface area contributed by atoms with Crippen LogP contribution in [0.15, 0.2) is 47.4 Å². The zero-order valence-electron chi connectivity index (χ0n) is 15.5. The molecule has 1 fully saturated rings. The molecular weight excluding hydrogens is 370 g/mol. The lowest BCUT2D eigenvalue weighted by Crippen LogP contribution is -2.41. The summed E-state index contributed by atoms with van der Waals surface area (Å²) in [6.45, 7) is 0. The van der Waals surface area contributed by atoms with Crippen LogP contribution >= 0.6 is 0 Å². The van der Waals surface area contributed by atoms with Crippen molar-refractivity contribution in [1.29, 1.82) is 0 Å². The van der Waals surface area contributed by atoms with Crippen molar-refractivity contribution in [3.63, 3.8) is 0 Å². The third kappa shape index (κ3) is 4.72. The molecule has 4 nitrogen and oxygen atoms in total. The molecule has 0 radical (unpaired) electrons. The number of hydrogen-bond donors (Lipinski definition) is 1. The van der Waals surface area contributed by atoms with Gasteiger partial charge in [-0.3, -0.25) is 0 Å². The van der Waals surface area contributed by atoms with Crippen LogP contribution < -0.4 is 4.72 Å². The Morgan fingerprint density at radius 1 is 0.963 bits per heavy atom. The molecule has 146 valence electrons. The molecule has 2 aromatic carbocycles. The van der Waals surface area contributed by atoms with Gasteiger partial charge in [0.2, 0.25) is 10.0 Å². The molecule has 0 aromatic heterocycles. The maximum absolute atomic E-state index is 13.9. The van der Waals surface area contributed by atoms with Crippen molar-refractivity contribution in [3.05, 3.63) is 54.1 Å². The van der Waals surface area contributed by atoms with Gasteiger partial charge >= 0.3 is 0 Å². The zero-order valence-corrected chi connectivity index (χ0v) is 16.3. The van der Waals surface area contributed by atoms with Crippen molar-refractivity contribution in [1.82, 2.24) is 9.62 Å². The Balaban J connectivity index is 1.70. The van der Waals surface area contributed by atoms with Crippen LogP contribution in [0.5, 0.6) is 0 Å². The van der Waals surface area contributed by atoms with Crippen LogP contribution in [0.2, 0.25) is 0 Å². The van der Waals surface area contributed by atoms with Crippen molar-refractivity contribution >= 4 is 10.0 Å². The maximum atomic E-state index is 13.9. The molecule has 0 amide bonds. The summed E-state index contributed by atoms with van der Waals surface area (Å²) >= 11 is 0. The number of nitrogens with zero attached hydrogens (tertiary/aromatic N) is 1. The van der Waals surface area contributed by atoms with E-state index in [0.717, 1.165) is 31.7 Å². The molecule has 2 aromatic rings. The van der Waals surface area contributed by atoms with Crippen molar-refractivity contribution < 1.29 is 17.2 Å². The quantitative estimate of drug-likeness (QED) is 0.840. The molecule has 0 bridgehead atoms. The van der Waals surface area contributed by atoms with E-state index >= 15 is 0 Å². The normalized spacial score (nSPS) is 20.8. The van der Waals surface area contributed by atoms with Crippen LogP contribution in [0, 0.1) is 11.6 Å². The van der Waals surface area contributed by atoms with Crippen molar-refractivity contribution in [2.75, 3.05) is 14.1 Å². The average Bonchev–Trinajstić information content (AvgIpc) is 2.62. The average molecular weight is 394 g/mol. The fourth-order valence-corrected chi connectivity index (χ4v) is 4.84. The Morgan fingerprint density at radius 2 is 1.59 bits per heavy atom. The Morgan fingerprint density at radius 3 is 2.15 bits per heavy atom. The largest absolute Gasteiger partial charge is 0.306 e. The van der Waals surface area contributed by atoms with E-state index in [0.29, 0.717) is 11.6 Å². The third-order valence-electron chi connectivity index (χ3n) is 5.16. The summed E-state index contributed by atoms with van der Waals surface area (Å²) in [6, 6.07) is 9.73. The van der Waals surface area contributed by atoms with Crippen LogP contribution in [0.3, 0.4) is 0 Å². The van der Waals surface area contributed by atoms with Gasteiger partial charge in [0.25, 0.3) is 0 Å². The molecule has 0 spiro atoms. The van der Waals surface area contributed by atoms with Gasteiger partial charge in [-0.05, 0) is 69.6 Å². The highest BCUT2D eigenvalue weighted by atomic mass is 32.2. The first-order chi connectivity index (χ1) is 12.8. The number of rotatable bonds is 5. The van der Waals surface area contributed by atoms with Gasteiger partial charge in [0.1, 0.15) is 11.6 Å². The number of hydrogen-bond acceptors (Lipinski definition) is 3. The minimum Gasteiger partial charge on any atom is -0.306 e. The molecule has 3 rings (SSSR count). The Labute approximate surface area is 159 Å². The molecule has 7 heteroatoms. The lowest BCUT2D eigenvalue weighted by atomic mass is 9.91. The Hall–Kier alpha value is -1.83. The van der Waals surface area contributed by atoms with E-state index in [-0.39, 0.29) is 16.5 Å². The smallest absolute Gasteiger partial charge is 0.240 e. The number of benzene rings is 2. The Bertz CT molecular complexity index is 891. The van der Waals surface area contributed by atoms with Crippen LogP contribution in [0.1, 0.15) is 25.7 Å². The highest BCUT2D eigenvalue weighted by molar-refractivity contribution is 7.89. The second-order valence-corrected chi connectivity index (χ2v) is 8.95. The fraction of sp³-hybridized carbons (Fsp3) is 0.400. The lowest BCUT2D eigenvalue weighted by molar-refractivity contribution is 0.212. The second kappa shape index (κ2) is 8.04. The number of nitrogens with one attached hydrogen (secondary N) is 1. The van der Waals surface area contributed by atoms with Crippen LogP contribution in [-0.2, 0) is 10.0 Å². The maximum Gasteiger partial charge on any atom is 0.240 e. The van der Waals surface area contributed by atoms with E-state index in [1.165, 1.54) is 36.4 Å². The molecule has 0 saturated heterocycles. The molecule has 1 aliphatic rings. The molecule has 0 atom stereocenters. The highest BCUT2D eigenvalue weighted by Gasteiger charge is 2.26. The molecule has 27 heavy (non-hydrogen) atoms. The zero-order chi connectivity index (χ0) is 19.6. The Kier molecular flexibility index (Phi) is 5.93. The predicted octanol–water partition coefficient (Wildman–Crippen LogP) is 3.78. The summed E-state index contributed by atoms with van der Waals surface area (Å²) < 4.78 is 55.0. The monoisotopic (exact) mass is 394 g/mol. The minimum atomic E-state index is -3.63. The van der Waals surface area contributed by atoms with Crippen molar-refractivity contribution in [3.8, 4) is 11.1 Å². The van der Waals surface area contributed by atoms with Crippen molar-refractivity contribution in [2.45, 2.75) is 42.7 Å². The van der Waals surface area contributed by atoms with Crippen molar-refractivity contribution in [2.24, 2.45) is 0 Å². The molecule has 1 aliphatic carbocycles. The van der Waals surface area contributed by atoms with Gasteiger partial charge in [0.15, 0.2) is 0 Å². The van der Waals surface area contributed by atoms with E-state index in [2.05, 4.69) is 9.62 Å². The summed E-state index contributed by atoms with van der Waals surface area (Å²) in [7, 11) is 0.454. The van der Waals surface area contributed by atoms with Gasteiger partial charge in [-0.15, -0.1) is 0 Å². The lowest BCUT2D eigenvalue weighted by Gasteiger charge is -2.32. The van der Waals surface area contributed by atoms with E-state index < -0.39 is 21.7 Å². The second-order valence-electron chi connectivity index (χ2n) is 7.24. The first-order valence-electron chi connectivity index (χ1n) is 9.00. The van der Waals surface area contributed by atoms with E-state index in [4.69, 9.17) is 0 Å². The summed E-state index contributed by atoms with van der Waals surface area (Å²) in [5, 5.41) is 0. The van der Waals surface area contributed by atoms with E-state index in [1.807, 2.05) is 14.1 Å². The van der Waals surface area contributed by atoms with Crippen LogP contribution in [0.4, 0.5) is 8.78 Å². The van der Waals surface area contributed by atoms with Gasteiger partial charge < -0.3 is 4.90 Å². The van der Waals surface area contributed by atoms with Gasteiger partial charge in [0.05, 0.1) is 4.90 Å². The van der Waals surface area contributed by atoms with Crippen LogP contribution in [0.25, 0.3) is 11.1 Å². The number of sulfonamides is 1. The third-order valence-corrected chi connectivity index (χ3v) is 6.69. The fourth-order valence-electron chi connectivity index (χ4n) is 3.53. The molecule has 0 heterocycles. The summed E-state index contributed by atoms with van der Waals surface area (Å²) in [4.78, 5) is 2.32. The summed E-state index contributed by atoms with van der Waals surface area (Å²) in [6.07, 6.45) is 3.54. The molecule has 0 unspecified atom stereocenters. The van der Waals surface area contributed by atoms with Crippen LogP contribution in [-0.4, -0.2) is 39.5 Å². The molecule has 1 saturated carbocycles. The van der Waals surface area contributed by atoms with Gasteiger partial charge in [-0.1, -0.05) is 12.1 Å². The standard InChI is InChI=1S/C20H24F2N2O2S/c1-24(2)17-8-6-16(7-9-17)23-27(25,26)18-10-3-14(4-11-18)19-12-5-15(21)13-20(19)22/h3-5,10-13,16-17,23H,6-9H2,1-2H3. The van der Waals surface area contributed by atoms with E-state index in [9.17, 15) is 17.2 Å². The molecular formula is C20H24F2N2O2S. The topological polar surface area (TPSA) is 49.4 Å². The SMILES string of the molecule is CN(C)C1CCC(NS(=O)(=O)c2ccc(-c3ccc(F)cc3F)cc2)CC1. The number of halogens is 2. The molecule has 0 aliphatic heterocycles. The summed E-state index contributed by atoms with van der Waals surface area (Å²) in [5.74, 6) is -1.33. The van der Waals surface area contributed by atoms with Gasteiger partial charge in [0, 0.05) is 23.7 Å². The van der Waals surface area contributed by atoms with Gasteiger partial charge in [-0.2, -0.15) is 0 Å². The predicted molar refractivity (Wildman–Crippen MR) is 102 cm³/mol. The first kappa shape index (κ1) is 19.9. The van der Waals surface area contributed by atoms with E-state index in [1.54, 1.807) is 0 Å². The van der Waals surface area contributed by atoms with Gasteiger partial charge in [-0.25, -0.2) is 21.9 Å².